The molecule has 0 spiro atoms. The second-order valence-electron chi connectivity index (χ2n) is 11.3. The largest absolute Gasteiger partial charge is 0.573 e. The van der Waals surface area contributed by atoms with Crippen molar-refractivity contribution in [1.82, 2.24) is 0 Å². The van der Waals surface area contributed by atoms with Crippen LogP contribution in [0.2, 0.25) is 0 Å². The Balaban J connectivity index is 1.21. The van der Waals surface area contributed by atoms with Crippen LogP contribution in [-0.4, -0.2) is 12.5 Å². The maximum Gasteiger partial charge on any atom is 0.573 e. The lowest BCUT2D eigenvalue weighted by Gasteiger charge is -2.31. The SMILES string of the molecule is C=CCCc1ccc(C(F)(F)OC2CCC(c3ccc(-c4ccc(-c5ccc(OC(F)(F)F)c(F)c5)c(F)c4)c(F)c3)CC2)cc1. The van der Waals surface area contributed by atoms with Crippen molar-refractivity contribution >= 4 is 0 Å². The summed E-state index contributed by atoms with van der Waals surface area (Å²) in [5.74, 6) is -3.87. The third-order valence-electron chi connectivity index (χ3n) is 8.13. The van der Waals surface area contributed by atoms with Crippen LogP contribution in [0.15, 0.2) is 91.5 Å². The van der Waals surface area contributed by atoms with Crippen LogP contribution in [0.4, 0.5) is 35.1 Å². The molecule has 1 fully saturated rings. The number of hydrogen-bond donors (Lipinski definition) is 0. The van der Waals surface area contributed by atoms with Crippen LogP contribution in [0.3, 0.4) is 0 Å². The Morgan fingerprint density at radius 2 is 1.28 bits per heavy atom. The van der Waals surface area contributed by atoms with Crippen LogP contribution in [0.25, 0.3) is 22.3 Å². The number of hydrogen-bond acceptors (Lipinski definition) is 2. The molecular formula is C36H30F8O2. The Kier molecular flexibility index (Phi) is 9.86. The van der Waals surface area contributed by atoms with Gasteiger partial charge in [-0.15, -0.1) is 19.8 Å². The number of rotatable bonds is 10. The normalized spacial score (nSPS) is 17.1. The highest BCUT2D eigenvalue weighted by Gasteiger charge is 2.37. The molecule has 0 aliphatic heterocycles. The predicted octanol–water partition coefficient (Wildman–Crippen LogP) is 11.2. The van der Waals surface area contributed by atoms with Gasteiger partial charge in [-0.05, 0) is 91.0 Å². The van der Waals surface area contributed by atoms with E-state index in [0.29, 0.717) is 31.2 Å². The quantitative estimate of drug-likeness (QED) is 0.126. The van der Waals surface area contributed by atoms with Gasteiger partial charge in [-0.25, -0.2) is 13.2 Å². The first kappa shape index (κ1) is 33.2. The van der Waals surface area contributed by atoms with Crippen LogP contribution in [0.5, 0.6) is 5.75 Å². The zero-order chi connectivity index (χ0) is 33.1. The molecule has 46 heavy (non-hydrogen) atoms. The van der Waals surface area contributed by atoms with Crippen LogP contribution in [0.1, 0.15) is 54.7 Å². The van der Waals surface area contributed by atoms with Crippen molar-refractivity contribution in [3.63, 3.8) is 0 Å². The topological polar surface area (TPSA) is 18.5 Å². The van der Waals surface area contributed by atoms with Gasteiger partial charge in [0.05, 0.1) is 11.7 Å². The molecular weight excluding hydrogens is 616 g/mol. The Bertz CT molecular complexity index is 1670. The summed E-state index contributed by atoms with van der Waals surface area (Å²) in [5.41, 5.74) is 1.61. The number of alkyl halides is 5. The average Bonchev–Trinajstić information content (AvgIpc) is 3.01. The molecule has 0 heterocycles. The minimum Gasteiger partial charge on any atom is -0.403 e. The lowest BCUT2D eigenvalue weighted by Crippen LogP contribution is -2.29. The third-order valence-corrected chi connectivity index (χ3v) is 8.13. The van der Waals surface area contributed by atoms with E-state index >= 15 is 8.78 Å². The van der Waals surface area contributed by atoms with E-state index in [4.69, 9.17) is 4.74 Å². The molecule has 4 aromatic rings. The number of halogens is 8. The van der Waals surface area contributed by atoms with Crippen molar-refractivity contribution in [2.75, 3.05) is 0 Å². The lowest BCUT2D eigenvalue weighted by atomic mass is 9.82. The molecule has 1 saturated carbocycles. The van der Waals surface area contributed by atoms with E-state index in [1.54, 1.807) is 24.3 Å². The van der Waals surface area contributed by atoms with Gasteiger partial charge in [-0.1, -0.05) is 60.7 Å². The second-order valence-corrected chi connectivity index (χ2v) is 11.3. The predicted molar refractivity (Wildman–Crippen MR) is 159 cm³/mol. The number of benzene rings is 4. The van der Waals surface area contributed by atoms with Crippen molar-refractivity contribution in [3.05, 3.63) is 126 Å². The number of allylic oxidation sites excluding steroid dienone is 1. The van der Waals surface area contributed by atoms with E-state index in [2.05, 4.69) is 11.3 Å². The minimum atomic E-state index is -5.08. The molecule has 2 nitrogen and oxygen atoms in total. The minimum absolute atomic E-state index is 0.0265. The van der Waals surface area contributed by atoms with Gasteiger partial charge in [-0.3, -0.25) is 0 Å². The van der Waals surface area contributed by atoms with Crippen LogP contribution in [0, 0.1) is 17.5 Å². The first-order valence-electron chi connectivity index (χ1n) is 14.7. The van der Waals surface area contributed by atoms with E-state index < -0.39 is 41.8 Å². The highest BCUT2D eigenvalue weighted by molar-refractivity contribution is 5.72. The fraction of sp³-hybridized carbons (Fsp3) is 0.278. The molecule has 1 aliphatic rings. The van der Waals surface area contributed by atoms with E-state index in [1.165, 1.54) is 36.4 Å². The summed E-state index contributed by atoms with van der Waals surface area (Å²) in [5, 5.41) is 0. The van der Waals surface area contributed by atoms with Crippen LogP contribution >= 0.6 is 0 Å². The van der Waals surface area contributed by atoms with Crippen LogP contribution in [-0.2, 0) is 17.3 Å². The summed E-state index contributed by atoms with van der Waals surface area (Å²) in [6, 6.07) is 17.0. The van der Waals surface area contributed by atoms with E-state index in [9.17, 15) is 26.3 Å². The third kappa shape index (κ3) is 7.96. The Labute approximate surface area is 261 Å². The van der Waals surface area contributed by atoms with Gasteiger partial charge in [-0.2, -0.15) is 8.78 Å². The molecule has 0 saturated heterocycles. The first-order valence-corrected chi connectivity index (χ1v) is 14.7. The number of aryl methyl sites for hydroxylation is 1. The number of ether oxygens (including phenoxy) is 2. The molecule has 0 amide bonds. The Morgan fingerprint density at radius 1 is 0.696 bits per heavy atom. The molecule has 242 valence electrons. The highest BCUT2D eigenvalue weighted by atomic mass is 19.4. The molecule has 0 bridgehead atoms. The summed E-state index contributed by atoms with van der Waals surface area (Å²) in [7, 11) is 0. The van der Waals surface area contributed by atoms with Gasteiger partial charge in [0.25, 0.3) is 0 Å². The van der Waals surface area contributed by atoms with Gasteiger partial charge >= 0.3 is 12.5 Å². The van der Waals surface area contributed by atoms with Crippen molar-refractivity contribution in [1.29, 1.82) is 0 Å². The standard InChI is InChI=1S/C36H30F8O2/c1-2-3-4-22-5-12-27(13-6-22)35(40,41)45-28-14-7-23(8-15-28)24-9-16-29(31(37)19-24)25-10-17-30(32(38)20-25)26-11-18-34(33(39)21-26)46-36(42,43)44/h2,5-6,9-13,16-21,23,28H,1,3-4,7-8,14-15H2. The Hall–Kier alpha value is -4.18. The second kappa shape index (κ2) is 13.7. The fourth-order valence-corrected chi connectivity index (χ4v) is 5.74. The van der Waals surface area contributed by atoms with Gasteiger partial charge < -0.3 is 9.47 Å². The summed E-state index contributed by atoms with van der Waals surface area (Å²) < 4.78 is 120. The molecule has 1 aliphatic carbocycles. The van der Waals surface area contributed by atoms with E-state index in [1.807, 2.05) is 0 Å². The average molecular weight is 647 g/mol. The molecule has 0 atom stereocenters. The van der Waals surface area contributed by atoms with Crippen LogP contribution < -0.4 is 4.74 Å². The Morgan fingerprint density at radius 3 is 1.85 bits per heavy atom. The summed E-state index contributed by atoms with van der Waals surface area (Å²) >= 11 is 0. The van der Waals surface area contributed by atoms with E-state index in [0.717, 1.165) is 42.7 Å². The lowest BCUT2D eigenvalue weighted by molar-refractivity contribution is -0.277. The zero-order valence-corrected chi connectivity index (χ0v) is 24.5. The maximum absolute atomic E-state index is 15.3. The first-order chi connectivity index (χ1) is 21.8. The fourth-order valence-electron chi connectivity index (χ4n) is 5.74. The molecule has 0 radical (unpaired) electrons. The zero-order valence-electron chi connectivity index (χ0n) is 24.5. The molecule has 0 N–H and O–H groups in total. The van der Waals surface area contributed by atoms with Crippen molar-refractivity contribution in [3.8, 4) is 28.0 Å². The van der Waals surface area contributed by atoms with E-state index in [-0.39, 0.29) is 33.7 Å². The van der Waals surface area contributed by atoms with Gasteiger partial charge in [0.1, 0.15) is 11.6 Å². The van der Waals surface area contributed by atoms with Gasteiger partial charge in [0.2, 0.25) is 0 Å². The summed E-state index contributed by atoms with van der Waals surface area (Å²) in [4.78, 5) is 0. The van der Waals surface area contributed by atoms with Crippen molar-refractivity contribution < 1.29 is 44.6 Å². The molecule has 0 unspecified atom stereocenters. The van der Waals surface area contributed by atoms with Crippen molar-refractivity contribution in [2.24, 2.45) is 0 Å². The van der Waals surface area contributed by atoms with Crippen molar-refractivity contribution in [2.45, 2.75) is 63.0 Å². The smallest absolute Gasteiger partial charge is 0.403 e. The molecule has 0 aromatic heterocycles. The molecule has 4 aromatic carbocycles. The monoisotopic (exact) mass is 646 g/mol. The molecule has 5 rings (SSSR count). The summed E-state index contributed by atoms with van der Waals surface area (Å²) in [6.45, 7) is 3.66. The van der Waals surface area contributed by atoms with Gasteiger partial charge in [0, 0.05) is 11.1 Å². The highest BCUT2D eigenvalue weighted by Crippen LogP contribution is 2.40. The van der Waals surface area contributed by atoms with Gasteiger partial charge in [0.15, 0.2) is 11.6 Å². The maximum atomic E-state index is 15.3. The summed E-state index contributed by atoms with van der Waals surface area (Å²) in [6.07, 6.45) is -4.15. The molecule has 10 heteroatoms.